The first-order valence-corrected chi connectivity index (χ1v) is 8.08. The molecule has 1 amide bonds. The Morgan fingerprint density at radius 3 is 2.38 bits per heavy atom. The number of hydrogen-bond acceptors (Lipinski definition) is 4. The van der Waals surface area contributed by atoms with E-state index in [1.807, 2.05) is 13.8 Å². The lowest BCUT2D eigenvalue weighted by Gasteiger charge is -2.28. The predicted molar refractivity (Wildman–Crippen MR) is 82.8 cm³/mol. The number of carbonyl (C=O) groups is 2. The smallest absolute Gasteiger partial charge is 0.310 e. The summed E-state index contributed by atoms with van der Waals surface area (Å²) in [5.41, 5.74) is 0. The van der Waals surface area contributed by atoms with Crippen LogP contribution in [0.2, 0.25) is 0 Å². The number of ether oxygens (including phenoxy) is 1. The van der Waals surface area contributed by atoms with Crippen molar-refractivity contribution in [2.75, 3.05) is 19.6 Å². The van der Waals surface area contributed by atoms with E-state index in [4.69, 9.17) is 4.74 Å². The highest BCUT2D eigenvalue weighted by Gasteiger charge is 2.23. The van der Waals surface area contributed by atoms with Gasteiger partial charge in [-0.2, -0.15) is 0 Å². The number of esters is 1. The van der Waals surface area contributed by atoms with Crippen LogP contribution in [-0.2, 0) is 14.3 Å². The Balaban J connectivity index is 2.25. The molecule has 0 saturated carbocycles. The van der Waals surface area contributed by atoms with Gasteiger partial charge < -0.3 is 15.4 Å². The van der Waals surface area contributed by atoms with E-state index < -0.39 is 0 Å². The van der Waals surface area contributed by atoms with Crippen molar-refractivity contribution in [2.45, 2.75) is 53.1 Å². The number of rotatable bonds is 7. The first-order valence-electron chi connectivity index (χ1n) is 8.08. The van der Waals surface area contributed by atoms with E-state index in [-0.39, 0.29) is 23.9 Å². The maximum atomic E-state index is 12.0. The number of piperidine rings is 1. The Morgan fingerprint density at radius 1 is 1.19 bits per heavy atom. The molecule has 21 heavy (non-hydrogen) atoms. The monoisotopic (exact) mass is 298 g/mol. The van der Waals surface area contributed by atoms with Crippen molar-refractivity contribution in [3.63, 3.8) is 0 Å². The first-order chi connectivity index (χ1) is 9.90. The maximum absolute atomic E-state index is 12.0. The molecule has 0 bridgehead atoms. The Hall–Kier alpha value is -1.10. The second-order valence-electron chi connectivity index (χ2n) is 6.46. The van der Waals surface area contributed by atoms with Gasteiger partial charge in [-0.1, -0.05) is 13.8 Å². The van der Waals surface area contributed by atoms with Crippen LogP contribution in [0.4, 0.5) is 0 Å². The summed E-state index contributed by atoms with van der Waals surface area (Å²) in [6.45, 7) is 10.0. The SMILES string of the molecule is CC(C)OC(=O)C(C)CNC(=O)CC(C)C1CCNCC1. The second kappa shape index (κ2) is 9.03. The summed E-state index contributed by atoms with van der Waals surface area (Å²) in [6, 6.07) is 0. The van der Waals surface area contributed by atoms with E-state index in [2.05, 4.69) is 17.6 Å². The minimum absolute atomic E-state index is 0.0326. The van der Waals surface area contributed by atoms with Crippen molar-refractivity contribution in [1.82, 2.24) is 10.6 Å². The summed E-state index contributed by atoms with van der Waals surface area (Å²) < 4.78 is 5.12. The second-order valence-corrected chi connectivity index (χ2v) is 6.46. The van der Waals surface area contributed by atoms with Gasteiger partial charge in [0.15, 0.2) is 0 Å². The zero-order valence-electron chi connectivity index (χ0n) is 13.8. The molecule has 1 heterocycles. The normalized spacial score (nSPS) is 19.1. The van der Waals surface area contributed by atoms with Crippen molar-refractivity contribution < 1.29 is 14.3 Å². The lowest BCUT2D eigenvalue weighted by atomic mass is 9.84. The third-order valence-corrected chi connectivity index (χ3v) is 4.06. The number of hydrogen-bond donors (Lipinski definition) is 2. The lowest BCUT2D eigenvalue weighted by Crippen LogP contribution is -2.36. The average Bonchev–Trinajstić information content (AvgIpc) is 2.44. The standard InChI is InChI=1S/C16H30N2O3/c1-11(2)21-16(20)13(4)10-18-15(19)9-12(3)14-5-7-17-8-6-14/h11-14,17H,5-10H2,1-4H3,(H,18,19). The molecule has 2 unspecified atom stereocenters. The van der Waals surface area contributed by atoms with Crippen LogP contribution < -0.4 is 10.6 Å². The molecule has 122 valence electrons. The Kier molecular flexibility index (Phi) is 7.72. The van der Waals surface area contributed by atoms with Gasteiger partial charge in [0.05, 0.1) is 12.0 Å². The molecular weight excluding hydrogens is 268 g/mol. The summed E-state index contributed by atoms with van der Waals surface area (Å²) in [5, 5.41) is 6.19. The third kappa shape index (κ3) is 6.93. The van der Waals surface area contributed by atoms with Crippen molar-refractivity contribution >= 4 is 11.9 Å². The first kappa shape index (κ1) is 18.0. The van der Waals surface area contributed by atoms with Gasteiger partial charge in [-0.3, -0.25) is 9.59 Å². The van der Waals surface area contributed by atoms with Crippen LogP contribution in [0.15, 0.2) is 0 Å². The topological polar surface area (TPSA) is 67.4 Å². The quantitative estimate of drug-likeness (QED) is 0.702. The zero-order chi connectivity index (χ0) is 15.8. The molecule has 5 heteroatoms. The van der Waals surface area contributed by atoms with E-state index >= 15 is 0 Å². The van der Waals surface area contributed by atoms with Crippen LogP contribution >= 0.6 is 0 Å². The van der Waals surface area contributed by atoms with Crippen LogP contribution in [0.5, 0.6) is 0 Å². The molecule has 0 spiro atoms. The lowest BCUT2D eigenvalue weighted by molar-refractivity contribution is -0.151. The highest BCUT2D eigenvalue weighted by atomic mass is 16.5. The van der Waals surface area contributed by atoms with Crippen LogP contribution in [0.25, 0.3) is 0 Å². The molecule has 5 nitrogen and oxygen atoms in total. The van der Waals surface area contributed by atoms with Crippen LogP contribution in [0.3, 0.4) is 0 Å². The van der Waals surface area contributed by atoms with E-state index in [1.165, 1.54) is 0 Å². The van der Waals surface area contributed by atoms with E-state index in [1.54, 1.807) is 6.92 Å². The molecule has 2 atom stereocenters. The molecule has 2 N–H and O–H groups in total. The van der Waals surface area contributed by atoms with Crippen molar-refractivity contribution in [3.8, 4) is 0 Å². The highest BCUT2D eigenvalue weighted by Crippen LogP contribution is 2.24. The van der Waals surface area contributed by atoms with Gasteiger partial charge in [-0.05, 0) is 51.6 Å². The molecule has 0 radical (unpaired) electrons. The number of nitrogens with one attached hydrogen (secondary N) is 2. The van der Waals surface area contributed by atoms with Gasteiger partial charge in [0.2, 0.25) is 5.91 Å². The average molecular weight is 298 g/mol. The molecule has 1 fully saturated rings. The van der Waals surface area contributed by atoms with Crippen molar-refractivity contribution in [1.29, 1.82) is 0 Å². The number of amides is 1. The molecule has 1 aliphatic heterocycles. The third-order valence-electron chi connectivity index (χ3n) is 4.06. The van der Waals surface area contributed by atoms with Gasteiger partial charge in [-0.25, -0.2) is 0 Å². The molecule has 0 aliphatic carbocycles. The highest BCUT2D eigenvalue weighted by molar-refractivity contribution is 5.78. The number of carbonyl (C=O) groups excluding carboxylic acids is 2. The zero-order valence-corrected chi connectivity index (χ0v) is 13.8. The van der Waals surface area contributed by atoms with Crippen LogP contribution in [0.1, 0.15) is 47.0 Å². The summed E-state index contributed by atoms with van der Waals surface area (Å²) >= 11 is 0. The van der Waals surface area contributed by atoms with Crippen LogP contribution in [0, 0.1) is 17.8 Å². The summed E-state index contributed by atoms with van der Waals surface area (Å²) in [7, 11) is 0. The Bertz CT molecular complexity index is 338. The molecule has 0 aromatic carbocycles. The van der Waals surface area contributed by atoms with Gasteiger partial charge in [0.1, 0.15) is 0 Å². The fourth-order valence-electron chi connectivity index (χ4n) is 2.64. The minimum atomic E-state index is -0.300. The molecule has 1 aliphatic rings. The van der Waals surface area contributed by atoms with Gasteiger partial charge in [-0.15, -0.1) is 0 Å². The minimum Gasteiger partial charge on any atom is -0.463 e. The maximum Gasteiger partial charge on any atom is 0.310 e. The Morgan fingerprint density at radius 2 is 1.81 bits per heavy atom. The Labute approximate surface area is 128 Å². The molecule has 0 aromatic heterocycles. The van der Waals surface area contributed by atoms with Crippen molar-refractivity contribution in [2.24, 2.45) is 17.8 Å². The van der Waals surface area contributed by atoms with Crippen molar-refractivity contribution in [3.05, 3.63) is 0 Å². The fraction of sp³-hybridized carbons (Fsp3) is 0.875. The van der Waals surface area contributed by atoms with Gasteiger partial charge in [0.25, 0.3) is 0 Å². The van der Waals surface area contributed by atoms with E-state index in [0.717, 1.165) is 25.9 Å². The van der Waals surface area contributed by atoms with Crippen LogP contribution in [-0.4, -0.2) is 37.6 Å². The van der Waals surface area contributed by atoms with Gasteiger partial charge >= 0.3 is 5.97 Å². The predicted octanol–water partition coefficient (Wildman–Crippen LogP) is 1.72. The summed E-state index contributed by atoms with van der Waals surface area (Å²) in [5.74, 6) is 0.498. The van der Waals surface area contributed by atoms with E-state index in [9.17, 15) is 9.59 Å². The molecule has 1 rings (SSSR count). The fourth-order valence-corrected chi connectivity index (χ4v) is 2.64. The molecule has 1 saturated heterocycles. The largest absolute Gasteiger partial charge is 0.463 e. The summed E-state index contributed by atoms with van der Waals surface area (Å²) in [4.78, 5) is 23.6. The van der Waals surface area contributed by atoms with Gasteiger partial charge in [0, 0.05) is 13.0 Å². The molecule has 0 aromatic rings. The summed E-state index contributed by atoms with van der Waals surface area (Å²) in [6.07, 6.45) is 2.71. The molecular formula is C16H30N2O3. The van der Waals surface area contributed by atoms with E-state index in [0.29, 0.717) is 24.8 Å².